The first-order valence-electron chi connectivity index (χ1n) is 12.3. The molecule has 16 heteroatoms. The van der Waals surface area contributed by atoms with E-state index in [-0.39, 0.29) is 37.4 Å². The van der Waals surface area contributed by atoms with Crippen molar-refractivity contribution >= 4 is 35.8 Å². The van der Waals surface area contributed by atoms with Crippen LogP contribution in [0.15, 0.2) is 63.2 Å². The smallest absolute Gasteiger partial charge is 0.341 e. The Hall–Kier alpha value is -2.53. The van der Waals surface area contributed by atoms with Crippen molar-refractivity contribution < 1.29 is 43.2 Å². The Kier molecular flexibility index (Phi) is 8.40. The van der Waals surface area contributed by atoms with Gasteiger partial charge in [0.25, 0.3) is 0 Å². The number of hydrogen-bond acceptors (Lipinski definition) is 7. The van der Waals surface area contributed by atoms with E-state index >= 15 is 0 Å². The lowest BCUT2D eigenvalue weighted by atomic mass is 10.0. The number of likely N-dealkylation sites (tertiary alicyclic amines) is 1. The molecule has 0 bridgehead atoms. The van der Waals surface area contributed by atoms with Crippen molar-refractivity contribution in [1.82, 2.24) is 13.9 Å². The summed E-state index contributed by atoms with van der Waals surface area (Å²) < 4.78 is 121. The average molecular weight is 624 g/mol. The summed E-state index contributed by atoms with van der Waals surface area (Å²) in [4.78, 5) is 12.4. The van der Waals surface area contributed by atoms with E-state index in [1.165, 1.54) is 29.2 Å². The Balaban J connectivity index is 1.54. The third-order valence-electron chi connectivity index (χ3n) is 6.95. The lowest BCUT2D eigenvalue weighted by molar-refractivity contribution is -0.140. The number of carbonyl (C=O) groups is 1. The quantitative estimate of drug-likeness (QED) is 0.499. The SMILES string of the molecule is CS(=O)(=O)N1CCC[C@H]1C(=O)N1CCC(NS(=O)(=O)c2cc(S(=O)(=O)c3ccccc3)ccc2C(F)(F)F)CC1. The van der Waals surface area contributed by atoms with Crippen molar-refractivity contribution in [1.29, 1.82) is 0 Å². The van der Waals surface area contributed by atoms with E-state index in [4.69, 9.17) is 0 Å². The van der Waals surface area contributed by atoms with Crippen LogP contribution in [0.4, 0.5) is 13.2 Å². The highest BCUT2D eigenvalue weighted by atomic mass is 32.2. The number of halogens is 3. The number of sulfonamides is 2. The molecule has 0 radical (unpaired) electrons. The fourth-order valence-electron chi connectivity index (χ4n) is 4.96. The number of amides is 1. The molecule has 220 valence electrons. The summed E-state index contributed by atoms with van der Waals surface area (Å²) in [5.74, 6) is -0.401. The van der Waals surface area contributed by atoms with E-state index in [0.29, 0.717) is 25.0 Å². The summed E-state index contributed by atoms with van der Waals surface area (Å²) in [6.45, 7) is 0.357. The summed E-state index contributed by atoms with van der Waals surface area (Å²) in [6.07, 6.45) is -3.03. The number of piperidine rings is 1. The minimum Gasteiger partial charge on any atom is -0.341 e. The molecule has 2 aliphatic rings. The van der Waals surface area contributed by atoms with Gasteiger partial charge in [0.15, 0.2) is 0 Å². The fraction of sp³-hybridized carbons (Fsp3) is 0.458. The van der Waals surface area contributed by atoms with E-state index in [0.717, 1.165) is 16.6 Å². The molecule has 0 aromatic heterocycles. The molecular weight excluding hydrogens is 595 g/mol. The molecule has 1 amide bonds. The van der Waals surface area contributed by atoms with E-state index in [9.17, 15) is 43.2 Å². The van der Waals surface area contributed by atoms with E-state index in [2.05, 4.69) is 4.72 Å². The maximum atomic E-state index is 13.8. The molecule has 0 saturated carbocycles. The summed E-state index contributed by atoms with van der Waals surface area (Å²) in [6, 6.07) is 6.89. The van der Waals surface area contributed by atoms with E-state index in [1.54, 1.807) is 6.07 Å². The maximum Gasteiger partial charge on any atom is 0.417 e. The standard InChI is InChI=1S/C24H28F3N3O7S3/c1-38(32,33)30-13-5-8-21(30)23(31)29-14-11-17(12-15-29)28-40(36,37)22-16-19(9-10-20(22)24(25,26)27)39(34,35)18-6-3-2-4-7-18/h2-4,6-7,9-10,16-17,21,28H,5,8,11-15H2,1H3/t21-/m0/s1. The fourth-order valence-corrected chi connectivity index (χ4v) is 9.02. The number of nitrogens with zero attached hydrogens (tertiary/aromatic N) is 2. The molecule has 2 heterocycles. The van der Waals surface area contributed by atoms with Crippen molar-refractivity contribution in [3.05, 3.63) is 54.1 Å². The predicted molar refractivity (Wildman–Crippen MR) is 138 cm³/mol. The van der Waals surface area contributed by atoms with Gasteiger partial charge in [0.05, 0.1) is 26.5 Å². The van der Waals surface area contributed by atoms with Gasteiger partial charge in [-0.05, 0) is 56.0 Å². The number of rotatable bonds is 7. The Morgan fingerprint density at radius 2 is 1.50 bits per heavy atom. The van der Waals surface area contributed by atoms with Crippen LogP contribution in [0.2, 0.25) is 0 Å². The number of sulfone groups is 1. The van der Waals surface area contributed by atoms with Crippen LogP contribution in [-0.2, 0) is 40.9 Å². The molecule has 10 nitrogen and oxygen atoms in total. The van der Waals surface area contributed by atoms with Gasteiger partial charge in [-0.15, -0.1) is 0 Å². The largest absolute Gasteiger partial charge is 0.417 e. The minimum atomic E-state index is -5.08. The van der Waals surface area contributed by atoms with E-state index < -0.39 is 69.4 Å². The molecule has 2 aromatic rings. The first-order valence-corrected chi connectivity index (χ1v) is 17.1. The number of alkyl halides is 3. The molecule has 40 heavy (non-hydrogen) atoms. The first kappa shape index (κ1) is 30.4. The van der Waals surface area contributed by atoms with Crippen LogP contribution in [0.3, 0.4) is 0 Å². The molecule has 0 aliphatic carbocycles. The van der Waals surface area contributed by atoms with Crippen molar-refractivity contribution in [2.24, 2.45) is 0 Å². The Bertz CT molecular complexity index is 1590. The normalized spacial score (nSPS) is 20.1. The van der Waals surface area contributed by atoms with Crippen LogP contribution in [0.25, 0.3) is 0 Å². The maximum absolute atomic E-state index is 13.8. The second-order valence-electron chi connectivity index (χ2n) is 9.72. The van der Waals surface area contributed by atoms with Gasteiger partial charge in [-0.3, -0.25) is 4.79 Å². The van der Waals surface area contributed by atoms with Crippen LogP contribution in [-0.4, -0.2) is 78.3 Å². The van der Waals surface area contributed by atoms with Gasteiger partial charge in [0, 0.05) is 25.7 Å². The number of hydrogen-bond donors (Lipinski definition) is 1. The van der Waals surface area contributed by atoms with Gasteiger partial charge in [-0.1, -0.05) is 18.2 Å². The first-order chi connectivity index (χ1) is 18.5. The third kappa shape index (κ3) is 6.35. The van der Waals surface area contributed by atoms with Gasteiger partial charge in [0.1, 0.15) is 6.04 Å². The second-order valence-corrected chi connectivity index (χ2v) is 15.3. The van der Waals surface area contributed by atoms with Crippen molar-refractivity contribution in [2.45, 2.75) is 58.6 Å². The zero-order valence-corrected chi connectivity index (χ0v) is 23.8. The highest BCUT2D eigenvalue weighted by Gasteiger charge is 2.41. The summed E-state index contributed by atoms with van der Waals surface area (Å²) in [5, 5.41) is 0. The summed E-state index contributed by atoms with van der Waals surface area (Å²) >= 11 is 0. The molecule has 1 atom stereocenters. The minimum absolute atomic E-state index is 0.0642. The van der Waals surface area contributed by atoms with Gasteiger partial charge in [0.2, 0.25) is 35.8 Å². The van der Waals surface area contributed by atoms with Crippen LogP contribution >= 0.6 is 0 Å². The molecule has 2 fully saturated rings. The van der Waals surface area contributed by atoms with Crippen molar-refractivity contribution in [3.8, 4) is 0 Å². The van der Waals surface area contributed by atoms with Gasteiger partial charge >= 0.3 is 6.18 Å². The summed E-state index contributed by atoms with van der Waals surface area (Å²) in [5.41, 5.74) is -1.51. The Labute approximate surface area is 231 Å². The Morgan fingerprint density at radius 3 is 2.08 bits per heavy atom. The monoisotopic (exact) mass is 623 g/mol. The zero-order valence-electron chi connectivity index (χ0n) is 21.3. The number of benzene rings is 2. The third-order valence-corrected chi connectivity index (χ3v) is 11.6. The zero-order chi connectivity index (χ0) is 29.5. The van der Waals surface area contributed by atoms with Crippen molar-refractivity contribution in [3.63, 3.8) is 0 Å². The van der Waals surface area contributed by atoms with Crippen LogP contribution in [0.5, 0.6) is 0 Å². The molecule has 1 N–H and O–H groups in total. The molecule has 4 rings (SSSR count). The lowest BCUT2D eigenvalue weighted by Crippen LogP contribution is -2.52. The van der Waals surface area contributed by atoms with E-state index in [1.807, 2.05) is 0 Å². The molecule has 2 aliphatic heterocycles. The van der Waals surface area contributed by atoms with Gasteiger partial charge < -0.3 is 4.90 Å². The highest BCUT2D eigenvalue weighted by molar-refractivity contribution is 7.91. The molecule has 2 saturated heterocycles. The Morgan fingerprint density at radius 1 is 0.875 bits per heavy atom. The topological polar surface area (TPSA) is 138 Å². The van der Waals surface area contributed by atoms with Crippen LogP contribution in [0, 0.1) is 0 Å². The summed E-state index contributed by atoms with van der Waals surface area (Å²) in [7, 11) is -12.7. The highest BCUT2D eigenvalue weighted by Crippen LogP contribution is 2.36. The molecular formula is C24H28F3N3O7S3. The van der Waals surface area contributed by atoms with Crippen LogP contribution in [0.1, 0.15) is 31.2 Å². The van der Waals surface area contributed by atoms with Crippen LogP contribution < -0.4 is 4.72 Å². The van der Waals surface area contributed by atoms with Crippen molar-refractivity contribution in [2.75, 3.05) is 25.9 Å². The lowest BCUT2D eigenvalue weighted by Gasteiger charge is -2.35. The van der Waals surface area contributed by atoms with Gasteiger partial charge in [-0.2, -0.15) is 17.5 Å². The number of carbonyl (C=O) groups excluding carboxylic acids is 1. The van der Waals surface area contributed by atoms with Gasteiger partial charge in [-0.25, -0.2) is 30.0 Å². The molecule has 0 unspecified atom stereocenters. The number of nitrogens with one attached hydrogen (secondary N) is 1. The average Bonchev–Trinajstić information content (AvgIpc) is 3.39. The molecule has 2 aromatic carbocycles. The predicted octanol–water partition coefficient (Wildman–Crippen LogP) is 2.23. The molecule has 0 spiro atoms. The second kappa shape index (κ2) is 11.0.